The fourth-order valence-corrected chi connectivity index (χ4v) is 5.08. The van der Waals surface area contributed by atoms with Crippen molar-refractivity contribution >= 4 is 11.0 Å². The Balaban J connectivity index is 1.52. The Morgan fingerprint density at radius 2 is 1.91 bits per heavy atom. The van der Waals surface area contributed by atoms with Crippen LogP contribution < -0.4 is 10.1 Å². The number of imidazole rings is 1. The third kappa shape index (κ3) is 4.44. The third-order valence-corrected chi connectivity index (χ3v) is 6.59. The van der Waals surface area contributed by atoms with Crippen LogP contribution in [-0.2, 0) is 6.18 Å². The van der Waals surface area contributed by atoms with Gasteiger partial charge in [0.2, 0.25) is 5.92 Å². The zero-order valence-corrected chi connectivity index (χ0v) is 18.2. The molecule has 1 saturated heterocycles. The van der Waals surface area contributed by atoms with E-state index in [1.54, 1.807) is 13.8 Å². The third-order valence-electron chi connectivity index (χ3n) is 6.59. The molecule has 1 saturated carbocycles. The number of piperidine rings is 1. The van der Waals surface area contributed by atoms with Crippen LogP contribution in [0.1, 0.15) is 58.1 Å². The molecule has 2 aliphatic rings. The van der Waals surface area contributed by atoms with E-state index < -0.39 is 29.2 Å². The van der Waals surface area contributed by atoms with Crippen LogP contribution in [-0.4, -0.2) is 44.9 Å². The molecule has 0 bridgehead atoms. The van der Waals surface area contributed by atoms with Crippen LogP contribution in [0.15, 0.2) is 18.5 Å². The van der Waals surface area contributed by atoms with Crippen molar-refractivity contribution in [2.45, 2.75) is 82.3 Å². The lowest BCUT2D eigenvalue weighted by Crippen LogP contribution is -2.60. The topological polar surface area (TPSA) is 59.3 Å². The number of aliphatic hydroxyl groups is 1. The van der Waals surface area contributed by atoms with Gasteiger partial charge in [-0.25, -0.2) is 13.8 Å². The maximum Gasteiger partial charge on any atom is 0.418 e. The molecule has 1 aromatic carbocycles. The average molecular weight is 461 g/mol. The van der Waals surface area contributed by atoms with Crippen LogP contribution in [0.2, 0.25) is 0 Å². The van der Waals surface area contributed by atoms with Crippen LogP contribution in [0.4, 0.5) is 22.0 Å². The number of halogens is 5. The Morgan fingerprint density at radius 1 is 1.22 bits per heavy atom. The van der Waals surface area contributed by atoms with Crippen molar-refractivity contribution in [1.29, 1.82) is 0 Å². The maximum absolute atomic E-state index is 13.8. The van der Waals surface area contributed by atoms with Crippen LogP contribution in [0.3, 0.4) is 0 Å². The summed E-state index contributed by atoms with van der Waals surface area (Å²) >= 11 is 0. The largest absolute Gasteiger partial charge is 0.492 e. The van der Waals surface area contributed by atoms with E-state index in [2.05, 4.69) is 10.3 Å². The molecule has 1 aromatic heterocycles. The van der Waals surface area contributed by atoms with E-state index >= 15 is 0 Å². The second kappa shape index (κ2) is 7.83. The van der Waals surface area contributed by atoms with Crippen molar-refractivity contribution in [1.82, 2.24) is 14.9 Å². The molecule has 2 fully saturated rings. The molecular weight excluding hydrogens is 433 g/mol. The minimum atomic E-state index is -4.59. The number of aromatic nitrogens is 2. The number of rotatable bonds is 5. The van der Waals surface area contributed by atoms with Gasteiger partial charge in [0.15, 0.2) is 0 Å². The van der Waals surface area contributed by atoms with E-state index in [-0.39, 0.29) is 60.8 Å². The van der Waals surface area contributed by atoms with Gasteiger partial charge in [-0.2, -0.15) is 13.2 Å². The molecule has 178 valence electrons. The van der Waals surface area contributed by atoms with Crippen molar-refractivity contribution in [3.63, 3.8) is 0 Å². The highest BCUT2D eigenvalue weighted by atomic mass is 19.4. The smallest absolute Gasteiger partial charge is 0.418 e. The predicted octanol–water partition coefficient (Wildman–Crippen LogP) is 4.93. The van der Waals surface area contributed by atoms with Gasteiger partial charge in [-0.15, -0.1) is 0 Å². The highest BCUT2D eigenvalue weighted by Crippen LogP contribution is 2.51. The van der Waals surface area contributed by atoms with Crippen LogP contribution >= 0.6 is 0 Å². The lowest BCUT2D eigenvalue weighted by atomic mass is 9.65. The summed E-state index contributed by atoms with van der Waals surface area (Å²) in [5.41, 5.74) is -1.88. The van der Waals surface area contributed by atoms with Crippen LogP contribution in [0.5, 0.6) is 5.75 Å². The molecule has 4 rings (SSSR count). The fourth-order valence-electron chi connectivity index (χ4n) is 5.08. The monoisotopic (exact) mass is 461 g/mol. The van der Waals surface area contributed by atoms with Crippen molar-refractivity contribution < 1.29 is 31.8 Å². The fraction of sp³-hybridized carbons (Fsp3) is 0.682. The molecule has 0 unspecified atom stereocenters. The van der Waals surface area contributed by atoms with Gasteiger partial charge in [0, 0.05) is 37.0 Å². The minimum Gasteiger partial charge on any atom is -0.492 e. The lowest BCUT2D eigenvalue weighted by Gasteiger charge is -2.50. The van der Waals surface area contributed by atoms with Gasteiger partial charge in [0.05, 0.1) is 28.5 Å². The van der Waals surface area contributed by atoms with E-state index in [4.69, 9.17) is 4.74 Å². The van der Waals surface area contributed by atoms with E-state index in [1.807, 2.05) is 6.92 Å². The second-order valence-electron chi connectivity index (χ2n) is 9.63. The highest BCUT2D eigenvalue weighted by Gasteiger charge is 2.56. The van der Waals surface area contributed by atoms with Gasteiger partial charge in [0.1, 0.15) is 12.4 Å². The summed E-state index contributed by atoms with van der Waals surface area (Å²) < 4.78 is 75.1. The zero-order chi connectivity index (χ0) is 23.5. The SMILES string of the molecule is CC(C)n1cnc2cc(OC[C@@H]3C[C@](O)(C4CC(F)(F)C4)C[C@H](C)N3)cc(C(F)(F)F)c21. The number of alkyl halides is 5. The van der Waals surface area contributed by atoms with E-state index in [1.165, 1.54) is 17.0 Å². The summed E-state index contributed by atoms with van der Waals surface area (Å²) in [6.07, 6.45) is -3.33. The normalized spacial score (nSPS) is 28.8. The first-order valence-corrected chi connectivity index (χ1v) is 10.8. The van der Waals surface area contributed by atoms with Gasteiger partial charge in [-0.05, 0) is 45.6 Å². The lowest BCUT2D eigenvalue weighted by molar-refractivity contribution is -0.190. The molecule has 2 N–H and O–H groups in total. The van der Waals surface area contributed by atoms with E-state index in [9.17, 15) is 27.1 Å². The molecule has 1 aliphatic carbocycles. The predicted molar refractivity (Wildman–Crippen MR) is 109 cm³/mol. The molecule has 32 heavy (non-hydrogen) atoms. The number of hydrogen-bond acceptors (Lipinski definition) is 4. The van der Waals surface area contributed by atoms with Crippen LogP contribution in [0, 0.1) is 5.92 Å². The quantitative estimate of drug-likeness (QED) is 0.620. The Bertz CT molecular complexity index is 982. The molecular formula is C22H28F5N3O2. The van der Waals surface area contributed by atoms with E-state index in [0.717, 1.165) is 6.07 Å². The van der Waals surface area contributed by atoms with Crippen molar-refractivity contribution in [2.24, 2.45) is 5.92 Å². The number of hydrogen-bond donors (Lipinski definition) is 2. The summed E-state index contributed by atoms with van der Waals surface area (Å²) in [5, 5.41) is 14.3. The number of nitrogens with zero attached hydrogens (tertiary/aromatic N) is 2. The molecule has 5 nitrogen and oxygen atoms in total. The molecule has 10 heteroatoms. The first-order chi connectivity index (χ1) is 14.8. The number of benzene rings is 1. The Morgan fingerprint density at radius 3 is 2.50 bits per heavy atom. The Labute approximate surface area is 182 Å². The van der Waals surface area contributed by atoms with Gasteiger partial charge < -0.3 is 19.7 Å². The van der Waals surface area contributed by atoms with Crippen molar-refractivity contribution in [2.75, 3.05) is 6.61 Å². The molecule has 1 aliphatic heterocycles. The number of ether oxygens (including phenoxy) is 1. The van der Waals surface area contributed by atoms with Crippen molar-refractivity contribution in [3.8, 4) is 5.75 Å². The maximum atomic E-state index is 13.8. The summed E-state index contributed by atoms with van der Waals surface area (Å²) in [5.74, 6) is -3.20. The average Bonchev–Trinajstić information content (AvgIpc) is 3.06. The van der Waals surface area contributed by atoms with Crippen LogP contribution in [0.25, 0.3) is 11.0 Å². The second-order valence-corrected chi connectivity index (χ2v) is 9.63. The van der Waals surface area contributed by atoms with Gasteiger partial charge in [-0.3, -0.25) is 0 Å². The molecule has 2 aromatic rings. The van der Waals surface area contributed by atoms with E-state index in [0.29, 0.717) is 6.42 Å². The van der Waals surface area contributed by atoms with Gasteiger partial charge in [0.25, 0.3) is 0 Å². The minimum absolute atomic E-state index is 0.00343. The zero-order valence-electron chi connectivity index (χ0n) is 18.2. The standard InChI is InChI=1S/C22H28F5N3O2/c1-12(2)30-11-28-18-5-16(4-17(19(18)30)22(25,26)27)32-10-15-9-20(31,6-13(3)29-15)14-7-21(23,24)8-14/h4-5,11-15,29,31H,6-10H2,1-3H3/t13-,15-,20-/m0/s1. The highest BCUT2D eigenvalue weighted by molar-refractivity contribution is 5.81. The number of fused-ring (bicyclic) bond motifs is 1. The van der Waals surface area contributed by atoms with Gasteiger partial charge in [-0.1, -0.05) is 0 Å². The molecule has 2 heterocycles. The Kier molecular flexibility index (Phi) is 5.68. The summed E-state index contributed by atoms with van der Waals surface area (Å²) in [6, 6.07) is 1.72. The molecule has 0 amide bonds. The summed E-state index contributed by atoms with van der Waals surface area (Å²) in [6.45, 7) is 5.41. The summed E-state index contributed by atoms with van der Waals surface area (Å²) in [7, 11) is 0. The molecule has 0 spiro atoms. The molecule has 0 radical (unpaired) electrons. The van der Waals surface area contributed by atoms with Gasteiger partial charge >= 0.3 is 6.18 Å². The molecule has 3 atom stereocenters. The van der Waals surface area contributed by atoms with Crippen molar-refractivity contribution in [3.05, 3.63) is 24.0 Å². The first kappa shape index (κ1) is 23.2. The number of nitrogens with one attached hydrogen (secondary N) is 1. The first-order valence-electron chi connectivity index (χ1n) is 10.8. The Hall–Kier alpha value is -1.94. The summed E-state index contributed by atoms with van der Waals surface area (Å²) in [4.78, 5) is 4.12.